The molecule has 0 bridgehead atoms. The van der Waals surface area contributed by atoms with E-state index < -0.39 is 5.82 Å². The number of hydrogen-bond acceptors (Lipinski definition) is 4. The molecule has 0 aliphatic carbocycles. The van der Waals surface area contributed by atoms with E-state index >= 15 is 0 Å². The molecule has 2 aromatic heterocycles. The van der Waals surface area contributed by atoms with Gasteiger partial charge in [0.1, 0.15) is 11.6 Å². The van der Waals surface area contributed by atoms with Gasteiger partial charge < -0.3 is 9.84 Å². The van der Waals surface area contributed by atoms with Gasteiger partial charge in [0.25, 0.3) is 5.88 Å². The molecule has 0 aliphatic rings. The number of ether oxygens (including phenoxy) is 1. The molecule has 0 saturated heterocycles. The Morgan fingerprint density at radius 1 is 1.32 bits per heavy atom. The Morgan fingerprint density at radius 2 is 2.16 bits per heavy atom. The molecule has 1 aromatic carbocycles. The summed E-state index contributed by atoms with van der Waals surface area (Å²) >= 11 is 0. The molecule has 3 rings (SSSR count). The summed E-state index contributed by atoms with van der Waals surface area (Å²) in [7, 11) is 0. The fraction of sp³-hybridized carbons (Fsp3) is 0.0769. The van der Waals surface area contributed by atoms with E-state index in [1.165, 1.54) is 28.9 Å². The highest BCUT2D eigenvalue weighted by atomic mass is 19.1. The summed E-state index contributed by atoms with van der Waals surface area (Å²) in [6.45, 7) is 1.70. The Labute approximate surface area is 107 Å². The van der Waals surface area contributed by atoms with E-state index in [1.807, 2.05) is 0 Å². The van der Waals surface area contributed by atoms with Crippen LogP contribution in [0.1, 0.15) is 5.69 Å². The number of rotatable bonds is 2. The molecule has 0 fully saturated rings. The van der Waals surface area contributed by atoms with Gasteiger partial charge in [-0.1, -0.05) is 6.07 Å². The lowest BCUT2D eigenvalue weighted by atomic mass is 10.3. The Hall–Kier alpha value is -2.63. The predicted molar refractivity (Wildman–Crippen MR) is 65.9 cm³/mol. The lowest BCUT2D eigenvalue weighted by Gasteiger charge is -2.10. The van der Waals surface area contributed by atoms with Crippen LogP contribution in [-0.2, 0) is 0 Å². The van der Waals surface area contributed by atoms with Crippen LogP contribution in [-0.4, -0.2) is 19.7 Å². The third-order valence-electron chi connectivity index (χ3n) is 2.65. The van der Waals surface area contributed by atoms with Crippen molar-refractivity contribution in [3.05, 3.63) is 48.0 Å². The first kappa shape index (κ1) is 11.5. The zero-order valence-corrected chi connectivity index (χ0v) is 10.0. The number of nitrogens with zero attached hydrogens (tertiary/aromatic N) is 3. The van der Waals surface area contributed by atoms with E-state index in [-0.39, 0.29) is 17.4 Å². The molecule has 0 unspecified atom stereocenters. The molecule has 0 aliphatic heterocycles. The highest BCUT2D eigenvalue weighted by molar-refractivity contribution is 5.49. The van der Waals surface area contributed by atoms with E-state index in [1.54, 1.807) is 19.1 Å². The van der Waals surface area contributed by atoms with Crippen molar-refractivity contribution in [3.8, 4) is 17.4 Å². The summed E-state index contributed by atoms with van der Waals surface area (Å²) in [5.74, 6) is -0.145. The third kappa shape index (κ3) is 1.97. The van der Waals surface area contributed by atoms with Crippen molar-refractivity contribution >= 4 is 5.65 Å². The average molecular weight is 259 g/mol. The standard InChI is InChI=1S/C13H10FN3O2/c1-8-12(19-10-4-2-3-9(14)7-10)13(18)17-11(16-8)5-6-15-17/h2-7,18H,1H3. The maximum atomic E-state index is 13.1. The minimum absolute atomic E-state index is 0.154. The van der Waals surface area contributed by atoms with Crippen LogP contribution in [0, 0.1) is 12.7 Å². The van der Waals surface area contributed by atoms with Crippen LogP contribution in [0.2, 0.25) is 0 Å². The van der Waals surface area contributed by atoms with Gasteiger partial charge in [-0.3, -0.25) is 0 Å². The average Bonchev–Trinajstić information content (AvgIpc) is 2.83. The number of aromatic nitrogens is 3. The summed E-state index contributed by atoms with van der Waals surface area (Å²) in [6.07, 6.45) is 1.52. The maximum absolute atomic E-state index is 13.1. The molecule has 0 saturated carbocycles. The molecule has 0 radical (unpaired) electrons. The highest BCUT2D eigenvalue weighted by Crippen LogP contribution is 2.33. The minimum Gasteiger partial charge on any atom is -0.490 e. The molecule has 0 spiro atoms. The monoisotopic (exact) mass is 259 g/mol. The van der Waals surface area contributed by atoms with Gasteiger partial charge in [0, 0.05) is 12.1 Å². The van der Waals surface area contributed by atoms with Crippen LogP contribution >= 0.6 is 0 Å². The molecule has 6 heteroatoms. The molecule has 0 atom stereocenters. The van der Waals surface area contributed by atoms with Gasteiger partial charge in [-0.05, 0) is 19.1 Å². The zero-order chi connectivity index (χ0) is 13.4. The second-order valence-electron chi connectivity index (χ2n) is 4.01. The molecule has 1 N–H and O–H groups in total. The van der Waals surface area contributed by atoms with Gasteiger partial charge in [-0.25, -0.2) is 9.37 Å². The van der Waals surface area contributed by atoms with Crippen molar-refractivity contribution in [1.82, 2.24) is 14.6 Å². The largest absolute Gasteiger partial charge is 0.490 e. The van der Waals surface area contributed by atoms with Gasteiger partial charge in [0.15, 0.2) is 5.65 Å². The minimum atomic E-state index is -0.414. The quantitative estimate of drug-likeness (QED) is 0.768. The van der Waals surface area contributed by atoms with E-state index in [0.29, 0.717) is 11.3 Å². The molecule has 19 heavy (non-hydrogen) atoms. The number of hydrogen-bond donors (Lipinski definition) is 1. The topological polar surface area (TPSA) is 59.7 Å². The van der Waals surface area contributed by atoms with Crippen LogP contribution in [0.15, 0.2) is 36.5 Å². The van der Waals surface area contributed by atoms with Gasteiger partial charge in [0.2, 0.25) is 5.75 Å². The smallest absolute Gasteiger partial charge is 0.260 e. The Balaban J connectivity index is 2.09. The van der Waals surface area contributed by atoms with Crippen molar-refractivity contribution in [1.29, 1.82) is 0 Å². The number of aryl methyl sites for hydroxylation is 1. The lowest BCUT2D eigenvalue weighted by Crippen LogP contribution is -1.98. The summed E-state index contributed by atoms with van der Waals surface area (Å²) in [5, 5.41) is 14.0. The summed E-state index contributed by atoms with van der Waals surface area (Å²) < 4.78 is 19.8. The van der Waals surface area contributed by atoms with Crippen LogP contribution in [0.5, 0.6) is 17.4 Å². The van der Waals surface area contributed by atoms with Crippen LogP contribution in [0.3, 0.4) is 0 Å². The number of benzene rings is 1. The van der Waals surface area contributed by atoms with E-state index in [2.05, 4.69) is 10.1 Å². The van der Waals surface area contributed by atoms with Gasteiger partial charge in [-0.15, -0.1) is 0 Å². The van der Waals surface area contributed by atoms with E-state index in [0.717, 1.165) is 0 Å². The summed E-state index contributed by atoms with van der Waals surface area (Å²) in [6, 6.07) is 7.32. The molecular weight excluding hydrogens is 249 g/mol. The van der Waals surface area contributed by atoms with Crippen molar-refractivity contribution in [2.75, 3.05) is 0 Å². The number of fused-ring (bicyclic) bond motifs is 1. The zero-order valence-electron chi connectivity index (χ0n) is 10.0. The first-order valence-electron chi connectivity index (χ1n) is 5.62. The lowest BCUT2D eigenvalue weighted by molar-refractivity contribution is 0.378. The Morgan fingerprint density at radius 3 is 2.95 bits per heavy atom. The molecule has 5 nitrogen and oxygen atoms in total. The van der Waals surface area contributed by atoms with Gasteiger partial charge in [0.05, 0.1) is 11.9 Å². The van der Waals surface area contributed by atoms with Crippen LogP contribution in [0.25, 0.3) is 5.65 Å². The molecule has 2 heterocycles. The maximum Gasteiger partial charge on any atom is 0.260 e. The summed E-state index contributed by atoms with van der Waals surface area (Å²) in [4.78, 5) is 4.24. The molecule has 0 amide bonds. The number of halogens is 1. The van der Waals surface area contributed by atoms with Gasteiger partial charge >= 0.3 is 0 Å². The fourth-order valence-electron chi connectivity index (χ4n) is 1.79. The highest BCUT2D eigenvalue weighted by Gasteiger charge is 2.14. The SMILES string of the molecule is Cc1nc2ccnn2c(O)c1Oc1cccc(F)c1. The molecule has 3 aromatic rings. The van der Waals surface area contributed by atoms with Crippen molar-refractivity contribution in [2.45, 2.75) is 6.92 Å². The molecule has 96 valence electrons. The molecular formula is C13H10FN3O2. The first-order valence-corrected chi connectivity index (χ1v) is 5.62. The van der Waals surface area contributed by atoms with E-state index in [9.17, 15) is 9.50 Å². The Kier molecular flexibility index (Phi) is 2.56. The first-order chi connectivity index (χ1) is 9.15. The van der Waals surface area contributed by atoms with Gasteiger partial charge in [-0.2, -0.15) is 9.61 Å². The normalized spacial score (nSPS) is 10.8. The summed E-state index contributed by atoms with van der Waals surface area (Å²) in [5.41, 5.74) is 1.01. The Bertz CT molecular complexity index is 755. The number of aromatic hydroxyl groups is 1. The predicted octanol–water partition coefficient (Wildman–Crippen LogP) is 2.67. The van der Waals surface area contributed by atoms with Crippen LogP contribution < -0.4 is 4.74 Å². The van der Waals surface area contributed by atoms with Crippen molar-refractivity contribution < 1.29 is 14.2 Å². The third-order valence-corrected chi connectivity index (χ3v) is 2.65. The van der Waals surface area contributed by atoms with Crippen LogP contribution in [0.4, 0.5) is 4.39 Å². The fourth-order valence-corrected chi connectivity index (χ4v) is 1.79. The van der Waals surface area contributed by atoms with E-state index in [4.69, 9.17) is 4.74 Å². The van der Waals surface area contributed by atoms with Crippen molar-refractivity contribution in [2.24, 2.45) is 0 Å². The van der Waals surface area contributed by atoms with Crippen molar-refractivity contribution in [3.63, 3.8) is 0 Å². The second-order valence-corrected chi connectivity index (χ2v) is 4.01. The second kappa shape index (κ2) is 4.24.